The van der Waals surface area contributed by atoms with Gasteiger partial charge in [-0.1, -0.05) is 222 Å². The zero-order chi connectivity index (χ0) is 48.8. The minimum Gasteiger partial charge on any atom is -0.479 e. The van der Waals surface area contributed by atoms with Crippen LogP contribution >= 0.6 is 0 Å². The van der Waals surface area contributed by atoms with Gasteiger partial charge < -0.3 is 39.4 Å². The van der Waals surface area contributed by atoms with Crippen LogP contribution < -0.4 is 0 Å². The molecule has 0 amide bonds. The second kappa shape index (κ2) is 45.1. The molecule has 4 N–H and O–H groups in total. The van der Waals surface area contributed by atoms with E-state index in [1.54, 1.807) is 0 Å². The maximum atomic E-state index is 12.8. The molecular weight excluding hydrogens is 849 g/mol. The fraction of sp³-hybridized carbons (Fsp3) is 0.732. The predicted octanol–water partition coefficient (Wildman–Crippen LogP) is 12.8. The Kier molecular flexibility index (Phi) is 41.5. The Morgan fingerprint density at radius 3 is 1.30 bits per heavy atom. The van der Waals surface area contributed by atoms with Gasteiger partial charge in [0.1, 0.15) is 24.9 Å². The Morgan fingerprint density at radius 1 is 0.478 bits per heavy atom. The number of unbranched alkanes of at least 4 members (excludes halogenated alkanes) is 21. The van der Waals surface area contributed by atoms with E-state index in [-0.39, 0.29) is 19.4 Å². The summed E-state index contributed by atoms with van der Waals surface area (Å²) in [4.78, 5) is 37.0. The fourth-order valence-corrected chi connectivity index (χ4v) is 7.73. The monoisotopic (exact) mass is 943 g/mol. The van der Waals surface area contributed by atoms with Crippen molar-refractivity contribution in [3.05, 3.63) is 72.9 Å². The number of ether oxygens (including phenoxy) is 4. The number of allylic oxidation sites excluding steroid dienone is 12. The van der Waals surface area contributed by atoms with Gasteiger partial charge in [-0.2, -0.15) is 0 Å². The summed E-state index contributed by atoms with van der Waals surface area (Å²) in [5, 5.41) is 40.0. The largest absolute Gasteiger partial charge is 0.479 e. The van der Waals surface area contributed by atoms with E-state index in [1.807, 2.05) is 12.2 Å². The van der Waals surface area contributed by atoms with Crippen LogP contribution in [0.4, 0.5) is 0 Å². The first-order valence-electron chi connectivity index (χ1n) is 26.5. The molecule has 6 atom stereocenters. The maximum absolute atomic E-state index is 12.8. The smallest absolute Gasteiger partial charge is 0.335 e. The van der Waals surface area contributed by atoms with Gasteiger partial charge in [0, 0.05) is 12.8 Å². The maximum Gasteiger partial charge on any atom is 0.335 e. The van der Waals surface area contributed by atoms with Crippen molar-refractivity contribution >= 4 is 17.9 Å². The van der Waals surface area contributed by atoms with Gasteiger partial charge in [0.2, 0.25) is 0 Å². The highest BCUT2D eigenvalue weighted by atomic mass is 16.7. The number of carbonyl (C=O) groups is 3. The van der Waals surface area contributed by atoms with E-state index in [0.29, 0.717) is 12.8 Å². The number of rotatable bonds is 44. The molecular formula is C56H94O11. The minimum atomic E-state index is -1.87. The third-order valence-electron chi connectivity index (χ3n) is 11.8. The van der Waals surface area contributed by atoms with Crippen LogP contribution in [0.1, 0.15) is 213 Å². The molecule has 1 saturated heterocycles. The molecule has 0 radical (unpaired) electrons. The normalized spacial score (nSPS) is 19.6. The number of carbonyl (C=O) groups excluding carboxylic acids is 2. The van der Waals surface area contributed by atoms with Crippen molar-refractivity contribution in [3.63, 3.8) is 0 Å². The molecule has 1 rings (SSSR count). The average molecular weight is 943 g/mol. The van der Waals surface area contributed by atoms with Crippen molar-refractivity contribution in [1.82, 2.24) is 0 Å². The molecule has 384 valence electrons. The summed E-state index contributed by atoms with van der Waals surface area (Å²) in [5.41, 5.74) is 0. The lowest BCUT2D eigenvalue weighted by Gasteiger charge is -2.38. The molecule has 6 unspecified atom stereocenters. The minimum absolute atomic E-state index is 0.109. The third kappa shape index (κ3) is 36.3. The number of esters is 2. The molecule has 0 aromatic heterocycles. The van der Waals surface area contributed by atoms with Crippen LogP contribution in [0.15, 0.2) is 72.9 Å². The number of hydrogen-bond donors (Lipinski definition) is 4. The summed E-state index contributed by atoms with van der Waals surface area (Å²) < 4.78 is 21.8. The van der Waals surface area contributed by atoms with Gasteiger partial charge in [-0.05, 0) is 51.4 Å². The molecule has 1 fully saturated rings. The number of aliphatic hydroxyl groups excluding tert-OH is 3. The quantitative estimate of drug-likeness (QED) is 0.0260. The van der Waals surface area contributed by atoms with Crippen LogP contribution in [0.2, 0.25) is 0 Å². The highest BCUT2D eigenvalue weighted by Gasteiger charge is 2.47. The van der Waals surface area contributed by atoms with E-state index in [9.17, 15) is 34.8 Å². The molecule has 0 aliphatic carbocycles. The van der Waals surface area contributed by atoms with E-state index in [0.717, 1.165) is 57.8 Å². The first kappa shape index (κ1) is 61.7. The van der Waals surface area contributed by atoms with Crippen molar-refractivity contribution in [2.24, 2.45) is 0 Å². The van der Waals surface area contributed by atoms with Crippen LogP contribution in [0.25, 0.3) is 0 Å². The van der Waals surface area contributed by atoms with E-state index in [4.69, 9.17) is 18.9 Å². The summed E-state index contributed by atoms with van der Waals surface area (Å²) in [7, 11) is 0. The Labute approximate surface area is 406 Å². The SMILES string of the molecule is CC/C=C\C/C=C\C/C=C\C/C=C\C/C=C\C/C=C\CCC(=O)OCC(COC1OC(C(=O)O)C(O)C(O)C1O)OC(=O)CCCCCCCCCCCCCCCCCCCCCCCC. The molecule has 0 saturated carbocycles. The van der Waals surface area contributed by atoms with Gasteiger partial charge in [0.25, 0.3) is 0 Å². The van der Waals surface area contributed by atoms with Gasteiger partial charge in [-0.15, -0.1) is 0 Å². The lowest BCUT2D eigenvalue weighted by atomic mass is 9.99. The van der Waals surface area contributed by atoms with Gasteiger partial charge in [0.15, 0.2) is 18.5 Å². The van der Waals surface area contributed by atoms with Crippen LogP contribution in [-0.2, 0) is 33.3 Å². The van der Waals surface area contributed by atoms with E-state index < -0.39 is 61.3 Å². The number of carboxylic acids is 1. The zero-order valence-electron chi connectivity index (χ0n) is 41.9. The van der Waals surface area contributed by atoms with Crippen molar-refractivity contribution in [2.45, 2.75) is 250 Å². The second-order valence-electron chi connectivity index (χ2n) is 18.0. The van der Waals surface area contributed by atoms with Crippen LogP contribution in [0.5, 0.6) is 0 Å². The molecule has 1 aliphatic rings. The van der Waals surface area contributed by atoms with E-state index >= 15 is 0 Å². The second-order valence-corrected chi connectivity index (χ2v) is 18.0. The highest BCUT2D eigenvalue weighted by molar-refractivity contribution is 5.73. The van der Waals surface area contributed by atoms with Crippen molar-refractivity contribution in [2.75, 3.05) is 13.2 Å². The Bertz CT molecular complexity index is 1380. The topological polar surface area (TPSA) is 169 Å². The molecule has 11 heteroatoms. The number of aliphatic hydroxyl groups is 3. The number of carboxylic acid groups (broad SMARTS) is 1. The number of hydrogen-bond acceptors (Lipinski definition) is 10. The molecule has 0 spiro atoms. The predicted molar refractivity (Wildman–Crippen MR) is 270 cm³/mol. The summed E-state index contributed by atoms with van der Waals surface area (Å²) in [6, 6.07) is 0. The van der Waals surface area contributed by atoms with Gasteiger partial charge in [-0.3, -0.25) is 9.59 Å². The van der Waals surface area contributed by atoms with Crippen LogP contribution in [-0.4, -0.2) is 88.4 Å². The lowest BCUT2D eigenvalue weighted by Crippen LogP contribution is -2.60. The molecule has 0 aromatic carbocycles. The first-order chi connectivity index (χ1) is 32.7. The van der Waals surface area contributed by atoms with Crippen molar-refractivity contribution in [1.29, 1.82) is 0 Å². The van der Waals surface area contributed by atoms with E-state index in [2.05, 4.69) is 74.6 Å². The average Bonchev–Trinajstić information content (AvgIpc) is 3.31. The molecule has 11 nitrogen and oxygen atoms in total. The van der Waals surface area contributed by atoms with Gasteiger partial charge in [-0.25, -0.2) is 4.79 Å². The summed E-state index contributed by atoms with van der Waals surface area (Å²) in [6.07, 6.45) is 49.7. The zero-order valence-corrected chi connectivity index (χ0v) is 41.9. The third-order valence-corrected chi connectivity index (χ3v) is 11.8. The Hall–Kier alpha value is -3.35. The van der Waals surface area contributed by atoms with Crippen molar-refractivity contribution in [3.8, 4) is 0 Å². The lowest BCUT2D eigenvalue weighted by molar-refractivity contribution is -0.298. The fourth-order valence-electron chi connectivity index (χ4n) is 7.73. The summed E-state index contributed by atoms with van der Waals surface area (Å²) >= 11 is 0. The molecule has 0 bridgehead atoms. The van der Waals surface area contributed by atoms with Gasteiger partial charge >= 0.3 is 17.9 Å². The first-order valence-corrected chi connectivity index (χ1v) is 26.5. The molecule has 67 heavy (non-hydrogen) atoms. The Morgan fingerprint density at radius 2 is 0.881 bits per heavy atom. The van der Waals surface area contributed by atoms with Crippen LogP contribution in [0, 0.1) is 0 Å². The number of aliphatic carboxylic acids is 1. The molecule has 1 heterocycles. The van der Waals surface area contributed by atoms with Gasteiger partial charge in [0.05, 0.1) is 6.61 Å². The Balaban J connectivity index is 2.32. The van der Waals surface area contributed by atoms with E-state index in [1.165, 1.54) is 116 Å². The highest BCUT2D eigenvalue weighted by Crippen LogP contribution is 2.23. The van der Waals surface area contributed by atoms with Crippen LogP contribution in [0.3, 0.4) is 0 Å². The summed E-state index contributed by atoms with van der Waals surface area (Å²) in [6.45, 7) is 3.66. The molecule has 0 aromatic rings. The van der Waals surface area contributed by atoms with Crippen molar-refractivity contribution < 1.29 is 53.8 Å². The summed E-state index contributed by atoms with van der Waals surface area (Å²) in [5.74, 6) is -2.55. The molecule has 1 aliphatic heterocycles. The standard InChI is InChI=1S/C56H94O11/c1-3-5-7-9-11-13-15-17-19-21-23-24-25-27-29-31-33-35-37-39-41-43-45-50(58)66-48(47-65-56-53(61)51(59)52(60)54(67-56)55(62)63)46-64-49(57)44-42-40-38-36-34-32-30-28-26-22-20-18-16-14-12-10-8-6-4-2/h6,8,12,14,18,20,26,28,32,34,38,40,48,51-54,56,59-61H,3-5,7,9-11,13,15-17,19,21-25,27,29-31,33,35-37,39,41-47H2,1-2H3,(H,62,63)/b8-6-,14-12-,20-18-,28-26-,34-32-,40-38-.